The molecule has 1 aliphatic rings. The van der Waals surface area contributed by atoms with E-state index in [4.69, 9.17) is 14.2 Å². The molecule has 1 heterocycles. The molecule has 0 spiro atoms. The first-order chi connectivity index (χ1) is 18.7. The summed E-state index contributed by atoms with van der Waals surface area (Å²) in [5.74, 6) is -0.340. The van der Waals surface area contributed by atoms with Crippen molar-refractivity contribution in [1.29, 1.82) is 0 Å². The van der Waals surface area contributed by atoms with Gasteiger partial charge in [0, 0.05) is 32.7 Å². The van der Waals surface area contributed by atoms with Gasteiger partial charge in [-0.3, -0.25) is 4.99 Å². The van der Waals surface area contributed by atoms with E-state index in [0.717, 1.165) is 18.6 Å². The molecule has 1 aromatic carbocycles. The molecule has 1 aliphatic heterocycles. The third kappa shape index (κ3) is 15.3. The molecule has 6 heteroatoms. The van der Waals surface area contributed by atoms with Crippen molar-refractivity contribution >= 4 is 12.2 Å². The molecule has 0 aliphatic carbocycles. The van der Waals surface area contributed by atoms with Crippen molar-refractivity contribution in [2.75, 3.05) is 33.6 Å². The first-order valence-electron chi connectivity index (χ1n) is 15.0. The van der Waals surface area contributed by atoms with Crippen LogP contribution < -0.4 is 0 Å². The normalized spacial score (nSPS) is 13.7. The van der Waals surface area contributed by atoms with Gasteiger partial charge in [0.2, 0.25) is 0 Å². The van der Waals surface area contributed by atoms with Crippen LogP contribution in [-0.4, -0.2) is 56.8 Å². The van der Waals surface area contributed by atoms with Crippen molar-refractivity contribution in [3.8, 4) is 0 Å². The number of unbranched alkanes of at least 4 members (excludes halogenated alkanes) is 13. The Morgan fingerprint density at radius 1 is 0.921 bits per heavy atom. The van der Waals surface area contributed by atoms with Gasteiger partial charge in [-0.1, -0.05) is 103 Å². The smallest absolute Gasteiger partial charge is 0.338 e. The first kappa shape index (κ1) is 32.0. The van der Waals surface area contributed by atoms with Gasteiger partial charge < -0.3 is 19.1 Å². The van der Waals surface area contributed by atoms with E-state index in [1.54, 1.807) is 19.4 Å². The fraction of sp³-hybridized carbons (Fsp3) is 0.688. The quantitative estimate of drug-likeness (QED) is 0.107. The average molecular weight is 529 g/mol. The lowest BCUT2D eigenvalue weighted by molar-refractivity contribution is -0.0314. The SMILES string of the molecule is CCCCCCCCCCCCCCCCOCC(COC(=O)c1cccc(CN2C=CC=NC2)c1)OC. The van der Waals surface area contributed by atoms with Crippen LogP contribution in [0.15, 0.2) is 41.5 Å². The van der Waals surface area contributed by atoms with Gasteiger partial charge >= 0.3 is 5.97 Å². The van der Waals surface area contributed by atoms with E-state index in [1.165, 1.54) is 83.5 Å². The maximum atomic E-state index is 12.6. The number of allylic oxidation sites excluding steroid dienone is 1. The average Bonchev–Trinajstić information content (AvgIpc) is 2.95. The van der Waals surface area contributed by atoms with Crippen LogP contribution in [0, 0.1) is 0 Å². The van der Waals surface area contributed by atoms with Gasteiger partial charge in [0.1, 0.15) is 19.4 Å². The van der Waals surface area contributed by atoms with Crippen LogP contribution in [0.3, 0.4) is 0 Å². The van der Waals surface area contributed by atoms with E-state index >= 15 is 0 Å². The highest BCUT2D eigenvalue weighted by Gasteiger charge is 2.14. The Morgan fingerprint density at radius 2 is 1.58 bits per heavy atom. The van der Waals surface area contributed by atoms with Gasteiger partial charge in [-0.05, 0) is 30.2 Å². The number of methoxy groups -OCH3 is 1. The van der Waals surface area contributed by atoms with Gasteiger partial charge in [-0.25, -0.2) is 4.79 Å². The Hall–Kier alpha value is -2.18. The second-order valence-electron chi connectivity index (χ2n) is 10.4. The Bertz CT molecular complexity index is 795. The summed E-state index contributed by atoms with van der Waals surface area (Å²) < 4.78 is 16.8. The molecule has 1 aromatic rings. The highest BCUT2D eigenvalue weighted by Crippen LogP contribution is 2.14. The zero-order valence-electron chi connectivity index (χ0n) is 24.1. The lowest BCUT2D eigenvalue weighted by atomic mass is 10.0. The van der Waals surface area contributed by atoms with Gasteiger partial charge in [-0.15, -0.1) is 0 Å². The fourth-order valence-electron chi connectivity index (χ4n) is 4.60. The minimum atomic E-state index is -0.340. The number of rotatable bonds is 23. The largest absolute Gasteiger partial charge is 0.459 e. The van der Waals surface area contributed by atoms with E-state index in [-0.39, 0.29) is 18.7 Å². The number of hydrogen-bond donors (Lipinski definition) is 0. The predicted octanol–water partition coefficient (Wildman–Crippen LogP) is 7.71. The van der Waals surface area contributed by atoms with Crippen LogP contribution in [-0.2, 0) is 20.8 Å². The summed E-state index contributed by atoms with van der Waals surface area (Å²) in [6.07, 6.45) is 24.3. The maximum absolute atomic E-state index is 12.6. The minimum absolute atomic E-state index is 0.182. The van der Waals surface area contributed by atoms with Crippen molar-refractivity contribution in [2.24, 2.45) is 4.99 Å². The molecular weight excluding hydrogens is 476 g/mol. The zero-order valence-corrected chi connectivity index (χ0v) is 24.1. The van der Waals surface area contributed by atoms with Crippen molar-refractivity contribution in [2.45, 2.75) is 109 Å². The molecule has 0 bridgehead atoms. The molecule has 6 nitrogen and oxygen atoms in total. The van der Waals surface area contributed by atoms with Crippen LogP contribution in [0.4, 0.5) is 0 Å². The number of hydrogen-bond acceptors (Lipinski definition) is 6. The molecule has 38 heavy (non-hydrogen) atoms. The van der Waals surface area contributed by atoms with Gasteiger partial charge in [0.25, 0.3) is 0 Å². The van der Waals surface area contributed by atoms with Crippen molar-refractivity contribution in [3.05, 3.63) is 47.7 Å². The van der Waals surface area contributed by atoms with Gasteiger partial charge in [0.15, 0.2) is 0 Å². The molecule has 1 atom stereocenters. The molecule has 0 radical (unpaired) electrons. The number of carbonyl (C=O) groups is 1. The summed E-state index contributed by atoms with van der Waals surface area (Å²) in [7, 11) is 1.63. The number of esters is 1. The van der Waals surface area contributed by atoms with E-state index in [9.17, 15) is 4.79 Å². The van der Waals surface area contributed by atoms with Crippen LogP contribution in [0.1, 0.15) is 113 Å². The lowest BCUT2D eigenvalue weighted by Crippen LogP contribution is -2.26. The summed E-state index contributed by atoms with van der Waals surface area (Å²) >= 11 is 0. The van der Waals surface area contributed by atoms with Crippen molar-refractivity contribution in [3.63, 3.8) is 0 Å². The minimum Gasteiger partial charge on any atom is -0.459 e. The van der Waals surface area contributed by atoms with E-state index in [0.29, 0.717) is 25.4 Å². The molecule has 1 unspecified atom stereocenters. The highest BCUT2D eigenvalue weighted by atomic mass is 16.6. The maximum Gasteiger partial charge on any atom is 0.338 e. The van der Waals surface area contributed by atoms with Crippen molar-refractivity contribution in [1.82, 2.24) is 4.90 Å². The standard InChI is InChI=1S/C32H52N2O4/c1-3-4-5-6-7-8-9-10-11-12-13-14-15-16-23-37-26-31(36-2)27-38-32(35)30-20-17-19-29(24-30)25-34-22-18-21-33-28-34/h17-22,24,31H,3-16,23,25-28H2,1-2H3. The molecule has 0 amide bonds. The molecule has 0 fully saturated rings. The Kier molecular flexibility index (Phi) is 18.3. The molecule has 2 rings (SSSR count). The number of carbonyl (C=O) groups excluding carboxylic acids is 1. The molecule has 0 saturated heterocycles. The molecular formula is C32H52N2O4. The Labute approximate surface area is 231 Å². The molecule has 0 N–H and O–H groups in total. The van der Waals surface area contributed by atoms with Crippen LogP contribution in [0.2, 0.25) is 0 Å². The first-order valence-corrected chi connectivity index (χ1v) is 15.0. The van der Waals surface area contributed by atoms with E-state index in [2.05, 4.69) is 16.8 Å². The van der Waals surface area contributed by atoms with Crippen LogP contribution in [0.25, 0.3) is 0 Å². The topological polar surface area (TPSA) is 60.4 Å². The fourth-order valence-corrected chi connectivity index (χ4v) is 4.60. The van der Waals surface area contributed by atoms with E-state index in [1.807, 2.05) is 30.5 Å². The molecule has 0 saturated carbocycles. The van der Waals surface area contributed by atoms with Crippen molar-refractivity contribution < 1.29 is 19.0 Å². The predicted molar refractivity (Wildman–Crippen MR) is 157 cm³/mol. The van der Waals surface area contributed by atoms with Crippen LogP contribution in [0.5, 0.6) is 0 Å². The summed E-state index contributed by atoms with van der Waals surface area (Å²) in [5.41, 5.74) is 1.59. The summed E-state index contributed by atoms with van der Waals surface area (Å²) in [5, 5.41) is 0. The second kappa shape index (κ2) is 21.7. The molecule has 214 valence electrons. The Morgan fingerprint density at radius 3 is 2.18 bits per heavy atom. The number of benzene rings is 1. The lowest BCUT2D eigenvalue weighted by Gasteiger charge is -2.20. The second-order valence-corrected chi connectivity index (χ2v) is 10.4. The van der Waals surface area contributed by atoms with Gasteiger partial charge in [-0.2, -0.15) is 0 Å². The third-order valence-electron chi connectivity index (χ3n) is 6.98. The Balaban J connectivity index is 1.46. The number of nitrogens with zero attached hydrogens (tertiary/aromatic N) is 2. The third-order valence-corrected chi connectivity index (χ3v) is 6.98. The monoisotopic (exact) mass is 528 g/mol. The highest BCUT2D eigenvalue weighted by molar-refractivity contribution is 5.89. The summed E-state index contributed by atoms with van der Waals surface area (Å²) in [6.45, 7) is 4.94. The number of aliphatic imine (C=N–C) groups is 1. The number of ether oxygens (including phenoxy) is 3. The van der Waals surface area contributed by atoms with E-state index < -0.39 is 0 Å². The molecule has 0 aromatic heterocycles. The van der Waals surface area contributed by atoms with Gasteiger partial charge in [0.05, 0.1) is 12.2 Å². The summed E-state index contributed by atoms with van der Waals surface area (Å²) in [6, 6.07) is 7.55. The zero-order chi connectivity index (χ0) is 27.1. The van der Waals surface area contributed by atoms with Crippen LogP contribution >= 0.6 is 0 Å². The summed E-state index contributed by atoms with van der Waals surface area (Å²) in [4.78, 5) is 18.9.